The third-order valence-corrected chi connectivity index (χ3v) is 6.81. The molecule has 0 radical (unpaired) electrons. The van der Waals surface area contributed by atoms with Gasteiger partial charge in [0.1, 0.15) is 0 Å². The van der Waals surface area contributed by atoms with Crippen LogP contribution in [0.3, 0.4) is 0 Å². The van der Waals surface area contributed by atoms with E-state index >= 15 is 0 Å². The summed E-state index contributed by atoms with van der Waals surface area (Å²) in [6.07, 6.45) is 31.8. The molecule has 4 N–H and O–H groups in total. The predicted octanol–water partition coefficient (Wildman–Crippen LogP) is 8.30. The summed E-state index contributed by atoms with van der Waals surface area (Å²) in [4.78, 5) is 0. The molecule has 0 heterocycles. The van der Waals surface area contributed by atoms with Gasteiger partial charge in [0.2, 0.25) is 0 Å². The second-order valence-corrected chi connectivity index (χ2v) is 10.3. The molecule has 0 rings (SSSR count). The molecule has 0 unspecified atom stereocenters. The Labute approximate surface area is 214 Å². The van der Waals surface area contributed by atoms with Crippen LogP contribution in [0.15, 0.2) is 0 Å². The van der Waals surface area contributed by atoms with E-state index in [0.29, 0.717) is 0 Å². The van der Waals surface area contributed by atoms with Crippen molar-refractivity contribution >= 4 is 0 Å². The third-order valence-electron chi connectivity index (χ3n) is 6.81. The van der Waals surface area contributed by atoms with E-state index in [-0.39, 0.29) is 0 Å². The molecule has 0 aromatic rings. The Morgan fingerprint density at radius 1 is 0.235 bits per heavy atom. The summed E-state index contributed by atoms with van der Waals surface area (Å²) < 4.78 is 11.6. The fourth-order valence-electron chi connectivity index (χ4n) is 4.49. The summed E-state index contributed by atoms with van der Waals surface area (Å²) in [7, 11) is 0. The topological polar surface area (TPSA) is 70.5 Å². The van der Waals surface area contributed by atoms with Crippen molar-refractivity contribution in [2.24, 2.45) is 11.5 Å². The van der Waals surface area contributed by atoms with Crippen LogP contribution >= 0.6 is 0 Å². The van der Waals surface area contributed by atoms with E-state index < -0.39 is 0 Å². The largest absolute Gasteiger partial charge is 0.381 e. The van der Waals surface area contributed by atoms with Gasteiger partial charge in [-0.15, -0.1) is 0 Å². The summed E-state index contributed by atoms with van der Waals surface area (Å²) in [6, 6.07) is 0. The highest BCUT2D eigenvalue weighted by Gasteiger charge is 1.96. The molecule has 0 aliphatic heterocycles. The van der Waals surface area contributed by atoms with Gasteiger partial charge in [-0.2, -0.15) is 0 Å². The van der Waals surface area contributed by atoms with Gasteiger partial charge in [-0.25, -0.2) is 0 Å². The Morgan fingerprint density at radius 3 is 0.618 bits per heavy atom. The highest BCUT2D eigenvalue weighted by Crippen LogP contribution is 2.11. The van der Waals surface area contributed by atoms with Crippen molar-refractivity contribution in [1.29, 1.82) is 0 Å². The van der Waals surface area contributed by atoms with Gasteiger partial charge in [0.25, 0.3) is 0 Å². The van der Waals surface area contributed by atoms with Crippen LogP contribution in [0.4, 0.5) is 0 Å². The molecule has 0 saturated carbocycles. The molecule has 0 bridgehead atoms. The smallest absolute Gasteiger partial charge is 0.0466 e. The van der Waals surface area contributed by atoms with E-state index in [1.165, 1.54) is 154 Å². The first-order chi connectivity index (χ1) is 16.9. The number of hydrogen-bond donors (Lipinski definition) is 2. The maximum absolute atomic E-state index is 5.80. The van der Waals surface area contributed by atoms with E-state index in [4.69, 9.17) is 20.9 Å². The van der Waals surface area contributed by atoms with Crippen LogP contribution in [0.2, 0.25) is 0 Å². The van der Waals surface area contributed by atoms with Crippen molar-refractivity contribution in [3.8, 4) is 0 Å². The Bertz CT molecular complexity index is 310. The Kier molecular flexibility index (Phi) is 32.7. The van der Waals surface area contributed by atoms with Crippen LogP contribution in [0.25, 0.3) is 0 Å². The van der Waals surface area contributed by atoms with E-state index in [9.17, 15) is 0 Å². The van der Waals surface area contributed by atoms with Crippen LogP contribution in [-0.4, -0.2) is 39.5 Å². The molecule has 0 aliphatic carbocycles. The number of nitrogens with two attached hydrogens (primary N) is 2. The summed E-state index contributed by atoms with van der Waals surface area (Å²) in [5.74, 6) is 0. The second-order valence-electron chi connectivity index (χ2n) is 10.3. The lowest BCUT2D eigenvalue weighted by Crippen LogP contribution is -1.98. The number of rotatable bonds is 31. The average molecular weight is 485 g/mol. The van der Waals surface area contributed by atoms with E-state index in [0.717, 1.165) is 39.5 Å². The normalized spacial score (nSPS) is 11.5. The van der Waals surface area contributed by atoms with E-state index in [2.05, 4.69) is 0 Å². The maximum Gasteiger partial charge on any atom is 0.0466 e. The Morgan fingerprint density at radius 2 is 0.412 bits per heavy atom. The molecule has 0 atom stereocenters. The molecule has 0 spiro atoms. The molecular formula is C30H64N2O2. The summed E-state index contributed by atoms with van der Waals surface area (Å²) in [5.41, 5.74) is 11.0. The molecule has 0 saturated heterocycles. The average Bonchev–Trinajstić information content (AvgIpc) is 2.85. The third kappa shape index (κ3) is 31.8. The molecule has 4 nitrogen and oxygen atoms in total. The van der Waals surface area contributed by atoms with Gasteiger partial charge in [0, 0.05) is 26.4 Å². The SMILES string of the molecule is NCCCCCCCCCCOCCCCCCCCCCOCCCCCCCCCCN. The minimum Gasteiger partial charge on any atom is -0.381 e. The Balaban J connectivity index is 2.99. The fourth-order valence-corrected chi connectivity index (χ4v) is 4.49. The molecule has 4 heteroatoms. The van der Waals surface area contributed by atoms with Gasteiger partial charge in [-0.3, -0.25) is 0 Å². The van der Waals surface area contributed by atoms with Gasteiger partial charge < -0.3 is 20.9 Å². The zero-order valence-electron chi connectivity index (χ0n) is 23.2. The molecule has 0 aliphatic rings. The van der Waals surface area contributed by atoms with Gasteiger partial charge >= 0.3 is 0 Å². The monoisotopic (exact) mass is 484 g/mol. The molecule has 206 valence electrons. The van der Waals surface area contributed by atoms with Crippen LogP contribution < -0.4 is 11.5 Å². The van der Waals surface area contributed by atoms with Crippen molar-refractivity contribution in [1.82, 2.24) is 0 Å². The van der Waals surface area contributed by atoms with Crippen molar-refractivity contribution in [2.45, 2.75) is 154 Å². The fraction of sp³-hybridized carbons (Fsp3) is 1.00. The minimum atomic E-state index is 0.852. The quantitative estimate of drug-likeness (QED) is 0.0971. The van der Waals surface area contributed by atoms with Gasteiger partial charge in [-0.05, 0) is 51.6 Å². The minimum absolute atomic E-state index is 0.852. The lowest BCUT2D eigenvalue weighted by Gasteiger charge is -2.06. The Hall–Kier alpha value is -0.160. The van der Waals surface area contributed by atoms with Crippen LogP contribution in [0.1, 0.15) is 154 Å². The van der Waals surface area contributed by atoms with Crippen molar-refractivity contribution in [3.05, 3.63) is 0 Å². The maximum atomic E-state index is 5.80. The second kappa shape index (κ2) is 32.8. The van der Waals surface area contributed by atoms with Gasteiger partial charge in [0.05, 0.1) is 0 Å². The molecule has 0 fully saturated rings. The van der Waals surface area contributed by atoms with E-state index in [1.54, 1.807) is 0 Å². The van der Waals surface area contributed by atoms with Crippen molar-refractivity contribution in [2.75, 3.05) is 39.5 Å². The first-order valence-corrected chi connectivity index (χ1v) is 15.5. The lowest BCUT2D eigenvalue weighted by atomic mass is 10.1. The molecular weight excluding hydrogens is 420 g/mol. The molecule has 0 aromatic carbocycles. The predicted molar refractivity (Wildman–Crippen MR) is 151 cm³/mol. The molecule has 34 heavy (non-hydrogen) atoms. The van der Waals surface area contributed by atoms with Crippen LogP contribution in [0.5, 0.6) is 0 Å². The summed E-state index contributed by atoms with van der Waals surface area (Å²) >= 11 is 0. The highest BCUT2D eigenvalue weighted by molar-refractivity contribution is 4.50. The highest BCUT2D eigenvalue weighted by atomic mass is 16.5. The first-order valence-electron chi connectivity index (χ1n) is 15.5. The summed E-state index contributed by atoms with van der Waals surface area (Å²) in [6.45, 7) is 5.56. The lowest BCUT2D eigenvalue weighted by molar-refractivity contribution is 0.125. The van der Waals surface area contributed by atoms with E-state index in [1.807, 2.05) is 0 Å². The number of unbranched alkanes of at least 4 members (excludes halogenated alkanes) is 21. The van der Waals surface area contributed by atoms with Crippen molar-refractivity contribution < 1.29 is 9.47 Å². The van der Waals surface area contributed by atoms with Crippen LogP contribution in [-0.2, 0) is 9.47 Å². The first kappa shape index (κ1) is 33.8. The zero-order chi connectivity index (χ0) is 24.6. The van der Waals surface area contributed by atoms with Crippen molar-refractivity contribution in [3.63, 3.8) is 0 Å². The zero-order valence-corrected chi connectivity index (χ0v) is 23.2. The van der Waals surface area contributed by atoms with Gasteiger partial charge in [-0.1, -0.05) is 116 Å². The summed E-state index contributed by atoms with van der Waals surface area (Å²) in [5, 5.41) is 0. The van der Waals surface area contributed by atoms with Crippen LogP contribution in [0, 0.1) is 0 Å². The number of hydrogen-bond acceptors (Lipinski definition) is 4. The molecule has 0 amide bonds. The van der Waals surface area contributed by atoms with Gasteiger partial charge in [0.15, 0.2) is 0 Å². The number of ether oxygens (including phenoxy) is 2. The molecule has 0 aromatic heterocycles. The standard InChI is InChI=1S/C30H64N2O2/c31-25-19-13-7-1-3-9-15-21-27-33-29-23-17-11-5-6-12-18-24-30-34-28-22-16-10-4-2-8-14-20-26-32/h1-32H2.